The molecule has 1 aliphatic rings. The number of benzene rings is 1. The maximum atomic E-state index is 12.1. The maximum absolute atomic E-state index is 12.1. The van der Waals surface area contributed by atoms with Crippen LogP contribution in [0.3, 0.4) is 0 Å². The molecule has 1 aromatic rings. The molecule has 0 fully saturated rings. The molecule has 3 N–H and O–H groups in total. The molecule has 2 atom stereocenters. The third-order valence-corrected chi connectivity index (χ3v) is 4.04. The second-order valence-corrected chi connectivity index (χ2v) is 6.00. The molecule has 1 heterocycles. The molecule has 136 valence electrons. The van der Waals surface area contributed by atoms with E-state index in [0.717, 1.165) is 5.56 Å². The highest BCUT2D eigenvalue weighted by molar-refractivity contribution is 5.97. The smallest absolute Gasteiger partial charge is 0.317 e. The summed E-state index contributed by atoms with van der Waals surface area (Å²) in [4.78, 5) is 35.8. The highest BCUT2D eigenvalue weighted by Gasteiger charge is 2.26. The average molecular weight is 349 g/mol. The number of carbonyl (C=O) groups excluding carboxylic acids is 2. The minimum absolute atomic E-state index is 0.108. The van der Waals surface area contributed by atoms with Crippen molar-refractivity contribution in [1.82, 2.24) is 10.2 Å². The fourth-order valence-corrected chi connectivity index (χ4v) is 2.44. The van der Waals surface area contributed by atoms with Gasteiger partial charge in [0, 0.05) is 13.6 Å². The van der Waals surface area contributed by atoms with Gasteiger partial charge in [0.2, 0.25) is 0 Å². The fourth-order valence-electron chi connectivity index (χ4n) is 2.44. The van der Waals surface area contributed by atoms with E-state index in [2.05, 4.69) is 10.6 Å². The van der Waals surface area contributed by atoms with Gasteiger partial charge in [-0.25, -0.2) is 4.79 Å². The monoisotopic (exact) mass is 349 g/mol. The van der Waals surface area contributed by atoms with E-state index < -0.39 is 12.1 Å². The lowest BCUT2D eigenvalue weighted by Gasteiger charge is -2.26. The van der Waals surface area contributed by atoms with E-state index in [4.69, 9.17) is 9.84 Å². The number of urea groups is 1. The zero-order valence-corrected chi connectivity index (χ0v) is 14.5. The Hall–Kier alpha value is -2.77. The van der Waals surface area contributed by atoms with Crippen LogP contribution in [0.4, 0.5) is 10.5 Å². The highest BCUT2D eigenvalue weighted by Crippen LogP contribution is 2.32. The van der Waals surface area contributed by atoms with Crippen molar-refractivity contribution in [2.45, 2.75) is 38.8 Å². The lowest BCUT2D eigenvalue weighted by molar-refractivity contribution is -0.137. The van der Waals surface area contributed by atoms with Crippen LogP contribution in [0.1, 0.15) is 38.3 Å². The van der Waals surface area contributed by atoms with Crippen LogP contribution in [0.5, 0.6) is 5.75 Å². The molecule has 0 bridgehead atoms. The summed E-state index contributed by atoms with van der Waals surface area (Å²) in [5.41, 5.74) is 1.43. The van der Waals surface area contributed by atoms with Crippen LogP contribution in [-0.4, -0.2) is 47.6 Å². The summed E-state index contributed by atoms with van der Waals surface area (Å²) < 4.78 is 5.70. The number of carbonyl (C=O) groups is 3. The molecule has 2 unspecified atom stereocenters. The first-order valence-electron chi connectivity index (χ1n) is 8.16. The van der Waals surface area contributed by atoms with Crippen LogP contribution in [0.2, 0.25) is 0 Å². The number of amides is 3. The third-order valence-electron chi connectivity index (χ3n) is 4.04. The predicted octanol–water partition coefficient (Wildman–Crippen LogP) is 1.97. The Balaban J connectivity index is 2.03. The summed E-state index contributed by atoms with van der Waals surface area (Å²) in [7, 11) is 1.54. The summed E-state index contributed by atoms with van der Waals surface area (Å²) in [6.07, 6.45) is -0.0611. The topological polar surface area (TPSA) is 108 Å². The fraction of sp³-hybridized carbons (Fsp3) is 0.471. The number of nitrogens with one attached hydrogen (secondary N) is 2. The molecule has 0 saturated heterocycles. The van der Waals surface area contributed by atoms with Gasteiger partial charge in [-0.05, 0) is 31.0 Å². The first-order chi connectivity index (χ1) is 11.8. The van der Waals surface area contributed by atoms with Gasteiger partial charge in [-0.15, -0.1) is 0 Å². The minimum Gasteiger partial charge on any atom is -0.481 e. The van der Waals surface area contributed by atoms with Crippen molar-refractivity contribution < 1.29 is 24.2 Å². The number of hydrogen-bond donors (Lipinski definition) is 3. The Bertz CT molecular complexity index is 676. The van der Waals surface area contributed by atoms with Crippen molar-refractivity contribution in [1.29, 1.82) is 0 Å². The average Bonchev–Trinajstić information content (AvgIpc) is 2.58. The van der Waals surface area contributed by atoms with Crippen molar-refractivity contribution in [3.63, 3.8) is 0 Å². The Morgan fingerprint density at radius 2 is 2.16 bits per heavy atom. The van der Waals surface area contributed by atoms with Gasteiger partial charge in [0.05, 0.1) is 18.2 Å². The molecule has 1 aliphatic heterocycles. The second kappa shape index (κ2) is 7.87. The largest absolute Gasteiger partial charge is 0.481 e. The van der Waals surface area contributed by atoms with E-state index >= 15 is 0 Å². The van der Waals surface area contributed by atoms with E-state index in [0.29, 0.717) is 17.9 Å². The summed E-state index contributed by atoms with van der Waals surface area (Å²) in [5.74, 6) is -0.541. The van der Waals surface area contributed by atoms with E-state index in [9.17, 15) is 14.4 Å². The SMILES string of the molecule is CCC1Oc2cc(C(C)NC(=O)N(C)CCC(=O)O)ccc2NC1=O. The standard InChI is InChI=1S/C17H23N3O5/c1-4-13-16(23)19-12-6-5-11(9-14(12)25-13)10(2)18-17(24)20(3)8-7-15(21)22/h5-6,9-10,13H,4,7-8H2,1-3H3,(H,18,24)(H,19,23)(H,21,22). The number of nitrogens with zero attached hydrogens (tertiary/aromatic N) is 1. The summed E-state index contributed by atoms with van der Waals surface area (Å²) in [6, 6.07) is 4.68. The van der Waals surface area contributed by atoms with Crippen molar-refractivity contribution in [3.8, 4) is 5.75 Å². The van der Waals surface area contributed by atoms with Crippen LogP contribution in [0.25, 0.3) is 0 Å². The predicted molar refractivity (Wildman–Crippen MR) is 91.6 cm³/mol. The van der Waals surface area contributed by atoms with Crippen molar-refractivity contribution in [2.24, 2.45) is 0 Å². The molecular formula is C17H23N3O5. The number of ether oxygens (including phenoxy) is 1. The summed E-state index contributed by atoms with van der Waals surface area (Å²) in [6.45, 7) is 3.82. The number of rotatable bonds is 6. The Kier molecular flexibility index (Phi) is 5.84. The molecule has 0 saturated carbocycles. The van der Waals surface area contributed by atoms with Crippen molar-refractivity contribution >= 4 is 23.6 Å². The second-order valence-electron chi connectivity index (χ2n) is 6.00. The van der Waals surface area contributed by atoms with Gasteiger partial charge in [-0.1, -0.05) is 13.0 Å². The minimum atomic E-state index is -0.952. The van der Waals surface area contributed by atoms with Crippen LogP contribution in [-0.2, 0) is 9.59 Å². The Morgan fingerprint density at radius 3 is 2.80 bits per heavy atom. The molecule has 8 nitrogen and oxygen atoms in total. The first kappa shape index (κ1) is 18.6. The number of aliphatic carboxylic acids is 1. The van der Waals surface area contributed by atoms with Gasteiger partial charge < -0.3 is 25.4 Å². The number of carboxylic acid groups (broad SMARTS) is 1. The zero-order chi connectivity index (χ0) is 18.6. The lowest BCUT2D eigenvalue weighted by atomic mass is 10.1. The molecule has 0 aliphatic carbocycles. The first-order valence-corrected chi connectivity index (χ1v) is 8.16. The normalized spacial score (nSPS) is 16.9. The van der Waals surface area contributed by atoms with Gasteiger partial charge in [0.1, 0.15) is 5.75 Å². The van der Waals surface area contributed by atoms with Gasteiger partial charge in [0.15, 0.2) is 6.10 Å². The van der Waals surface area contributed by atoms with Crippen molar-refractivity contribution in [3.05, 3.63) is 23.8 Å². The van der Waals surface area contributed by atoms with Gasteiger partial charge in [-0.2, -0.15) is 0 Å². The number of fused-ring (bicyclic) bond motifs is 1. The number of hydrogen-bond acceptors (Lipinski definition) is 4. The van der Waals surface area contributed by atoms with E-state index in [1.54, 1.807) is 25.2 Å². The Labute approximate surface area is 146 Å². The molecule has 0 radical (unpaired) electrons. The van der Waals surface area contributed by atoms with Crippen LogP contribution < -0.4 is 15.4 Å². The molecule has 3 amide bonds. The van der Waals surface area contributed by atoms with Gasteiger partial charge >= 0.3 is 12.0 Å². The molecule has 0 aromatic heterocycles. The maximum Gasteiger partial charge on any atom is 0.317 e. The molecule has 0 spiro atoms. The summed E-state index contributed by atoms with van der Waals surface area (Å²) >= 11 is 0. The quantitative estimate of drug-likeness (QED) is 0.728. The third kappa shape index (κ3) is 4.62. The molecule has 1 aromatic carbocycles. The van der Waals surface area contributed by atoms with Gasteiger partial charge in [-0.3, -0.25) is 9.59 Å². The molecular weight excluding hydrogens is 326 g/mol. The van der Waals surface area contributed by atoms with Gasteiger partial charge in [0.25, 0.3) is 5.91 Å². The molecule has 2 rings (SSSR count). The van der Waals surface area contributed by atoms with E-state index in [1.807, 2.05) is 13.8 Å². The highest BCUT2D eigenvalue weighted by atomic mass is 16.5. The lowest BCUT2D eigenvalue weighted by Crippen LogP contribution is -2.39. The van der Waals surface area contributed by atoms with Crippen molar-refractivity contribution in [2.75, 3.05) is 18.9 Å². The zero-order valence-electron chi connectivity index (χ0n) is 14.5. The van der Waals surface area contributed by atoms with E-state index in [1.165, 1.54) is 4.90 Å². The Morgan fingerprint density at radius 1 is 1.44 bits per heavy atom. The van der Waals surface area contributed by atoms with E-state index in [-0.39, 0.29) is 30.9 Å². The van der Waals surface area contributed by atoms with Crippen LogP contribution in [0, 0.1) is 0 Å². The number of carboxylic acids is 1. The summed E-state index contributed by atoms with van der Waals surface area (Å²) in [5, 5.41) is 14.3. The van der Waals surface area contributed by atoms with Crippen LogP contribution in [0.15, 0.2) is 18.2 Å². The molecule has 8 heteroatoms. The van der Waals surface area contributed by atoms with Crippen LogP contribution >= 0.6 is 0 Å². The number of anilines is 1. The molecule has 25 heavy (non-hydrogen) atoms.